The number of rotatable bonds is 5. The summed E-state index contributed by atoms with van der Waals surface area (Å²) in [6, 6.07) is 7.29. The molecule has 1 heterocycles. The maximum Gasteiger partial charge on any atom is 0.271 e. The van der Waals surface area contributed by atoms with E-state index in [-0.39, 0.29) is 18.7 Å². The Labute approximate surface area is 148 Å². The first-order valence-corrected chi connectivity index (χ1v) is 8.71. The molecule has 0 saturated heterocycles. The fourth-order valence-electron chi connectivity index (χ4n) is 2.61. The average Bonchev–Trinajstić information content (AvgIpc) is 3.17. The van der Waals surface area contributed by atoms with Crippen molar-refractivity contribution in [3.8, 4) is 5.75 Å². The number of benzene rings is 1. The van der Waals surface area contributed by atoms with Gasteiger partial charge in [-0.15, -0.1) is 0 Å². The van der Waals surface area contributed by atoms with E-state index in [9.17, 15) is 4.79 Å². The molecule has 5 nitrogen and oxygen atoms in total. The number of aromatic nitrogens is 2. The summed E-state index contributed by atoms with van der Waals surface area (Å²) in [5.74, 6) is 0.546. The second-order valence-electron chi connectivity index (χ2n) is 5.54. The molecule has 0 bridgehead atoms. The van der Waals surface area contributed by atoms with Crippen LogP contribution in [0.3, 0.4) is 0 Å². The molecule has 1 aliphatic carbocycles. The lowest BCUT2D eigenvalue weighted by molar-refractivity contribution is 0.0930. The molecule has 1 fully saturated rings. The zero-order valence-electron chi connectivity index (χ0n) is 12.5. The predicted octanol–water partition coefficient (Wildman–Crippen LogP) is 4.01. The third-order valence-corrected chi connectivity index (χ3v) is 4.66. The first-order valence-electron chi connectivity index (χ1n) is 7.54. The van der Waals surface area contributed by atoms with Crippen LogP contribution in [0.5, 0.6) is 5.75 Å². The highest BCUT2D eigenvalue weighted by Gasteiger charge is 2.19. The molecule has 1 N–H and O–H groups in total. The Morgan fingerprint density at radius 1 is 1.39 bits per heavy atom. The minimum Gasteiger partial charge on any atom is -0.470 e. The van der Waals surface area contributed by atoms with E-state index in [1.807, 2.05) is 0 Å². The number of nitrogens with zero attached hydrogens (tertiary/aromatic N) is 2. The lowest BCUT2D eigenvalue weighted by Gasteiger charge is -2.10. The second-order valence-corrected chi connectivity index (χ2v) is 6.83. The van der Waals surface area contributed by atoms with E-state index in [1.165, 1.54) is 12.8 Å². The van der Waals surface area contributed by atoms with Gasteiger partial charge in [-0.05, 0) is 53.0 Å². The van der Waals surface area contributed by atoms with Crippen molar-refractivity contribution < 1.29 is 9.53 Å². The van der Waals surface area contributed by atoms with Crippen molar-refractivity contribution in [2.24, 2.45) is 0 Å². The highest BCUT2D eigenvalue weighted by Crippen LogP contribution is 2.28. The molecule has 1 saturated carbocycles. The summed E-state index contributed by atoms with van der Waals surface area (Å²) in [4.78, 5) is 12.1. The minimum absolute atomic E-state index is 0.122. The number of hydrogen-bond donors (Lipinski definition) is 1. The Kier molecular flexibility index (Phi) is 5.23. The Hall–Kier alpha value is -1.53. The maximum absolute atomic E-state index is 12.1. The number of amides is 1. The van der Waals surface area contributed by atoms with Gasteiger partial charge in [0.2, 0.25) is 0 Å². The molecule has 122 valence electrons. The summed E-state index contributed by atoms with van der Waals surface area (Å²) < 4.78 is 8.03. The largest absolute Gasteiger partial charge is 0.470 e. The molecule has 0 unspecified atom stereocenters. The fourth-order valence-corrected chi connectivity index (χ4v) is 3.41. The molecular formula is C16H17BrClN3O2. The third kappa shape index (κ3) is 4.26. The normalized spacial score (nSPS) is 14.9. The van der Waals surface area contributed by atoms with Crippen molar-refractivity contribution >= 4 is 33.4 Å². The molecule has 2 aromatic rings. The molecule has 1 amide bonds. The van der Waals surface area contributed by atoms with Crippen LogP contribution in [0.1, 0.15) is 36.2 Å². The van der Waals surface area contributed by atoms with E-state index >= 15 is 0 Å². The highest BCUT2D eigenvalue weighted by atomic mass is 79.9. The van der Waals surface area contributed by atoms with Gasteiger partial charge in [-0.2, -0.15) is 5.10 Å². The first-order chi connectivity index (χ1) is 11.1. The van der Waals surface area contributed by atoms with E-state index in [4.69, 9.17) is 16.3 Å². The smallest absolute Gasteiger partial charge is 0.271 e. The van der Waals surface area contributed by atoms with Gasteiger partial charge in [0, 0.05) is 17.3 Å². The quantitative estimate of drug-likeness (QED) is 0.828. The third-order valence-electron chi connectivity index (χ3n) is 3.81. The predicted molar refractivity (Wildman–Crippen MR) is 91.7 cm³/mol. The summed E-state index contributed by atoms with van der Waals surface area (Å²) in [6.45, 7) is 0.219. The molecular weight excluding hydrogens is 382 g/mol. The van der Waals surface area contributed by atoms with Gasteiger partial charge in [-0.3, -0.25) is 4.79 Å². The monoisotopic (exact) mass is 397 g/mol. The standard InChI is InChI=1S/C16H17BrClN3O2/c17-13-9-11(18)5-6-15(13)23-10-21-8-7-14(20-21)16(22)19-12-3-1-2-4-12/h5-9,12H,1-4,10H2,(H,19,22). The van der Waals surface area contributed by atoms with Crippen molar-refractivity contribution in [2.75, 3.05) is 0 Å². The first kappa shape index (κ1) is 16.3. The molecule has 1 aliphatic rings. The Morgan fingerprint density at radius 2 is 2.17 bits per heavy atom. The number of ether oxygens (including phenoxy) is 1. The van der Waals surface area contributed by atoms with Crippen molar-refractivity contribution in [2.45, 2.75) is 38.5 Å². The average molecular weight is 399 g/mol. The summed E-state index contributed by atoms with van der Waals surface area (Å²) in [5, 5.41) is 7.91. The van der Waals surface area contributed by atoms with Gasteiger partial charge in [-0.25, -0.2) is 4.68 Å². The summed E-state index contributed by atoms with van der Waals surface area (Å²) >= 11 is 9.29. The van der Waals surface area contributed by atoms with Crippen LogP contribution in [0.2, 0.25) is 5.02 Å². The van der Waals surface area contributed by atoms with Crippen LogP contribution in [-0.2, 0) is 6.73 Å². The zero-order chi connectivity index (χ0) is 16.2. The van der Waals surface area contributed by atoms with Crippen LogP contribution < -0.4 is 10.1 Å². The van der Waals surface area contributed by atoms with E-state index in [0.29, 0.717) is 16.5 Å². The van der Waals surface area contributed by atoms with Crippen molar-refractivity contribution in [1.29, 1.82) is 0 Å². The number of carbonyl (C=O) groups excluding carboxylic acids is 1. The van der Waals surface area contributed by atoms with E-state index < -0.39 is 0 Å². The van der Waals surface area contributed by atoms with Crippen LogP contribution in [-0.4, -0.2) is 21.7 Å². The number of hydrogen-bond acceptors (Lipinski definition) is 3. The Morgan fingerprint density at radius 3 is 2.91 bits per heavy atom. The molecule has 3 rings (SSSR count). The summed E-state index contributed by atoms with van der Waals surface area (Å²) in [5.41, 5.74) is 0.413. The summed E-state index contributed by atoms with van der Waals surface area (Å²) in [7, 11) is 0. The zero-order valence-corrected chi connectivity index (χ0v) is 14.8. The van der Waals surface area contributed by atoms with Crippen LogP contribution >= 0.6 is 27.5 Å². The van der Waals surface area contributed by atoms with E-state index in [1.54, 1.807) is 35.1 Å². The van der Waals surface area contributed by atoms with Crippen LogP contribution in [0.15, 0.2) is 34.9 Å². The summed E-state index contributed by atoms with van der Waals surface area (Å²) in [6.07, 6.45) is 6.21. The maximum atomic E-state index is 12.1. The molecule has 1 aromatic heterocycles. The number of nitrogens with one attached hydrogen (secondary N) is 1. The second kappa shape index (κ2) is 7.36. The van der Waals surface area contributed by atoms with Gasteiger partial charge in [0.25, 0.3) is 5.91 Å². The molecule has 1 aromatic carbocycles. The van der Waals surface area contributed by atoms with Crippen LogP contribution in [0.25, 0.3) is 0 Å². The lowest BCUT2D eigenvalue weighted by atomic mass is 10.2. The fraction of sp³-hybridized carbons (Fsp3) is 0.375. The van der Waals surface area contributed by atoms with Gasteiger partial charge in [0.15, 0.2) is 6.73 Å². The Balaban J connectivity index is 1.57. The molecule has 7 heteroatoms. The van der Waals surface area contributed by atoms with Gasteiger partial charge in [-0.1, -0.05) is 24.4 Å². The van der Waals surface area contributed by atoms with Gasteiger partial charge < -0.3 is 10.1 Å². The van der Waals surface area contributed by atoms with Crippen molar-refractivity contribution in [3.63, 3.8) is 0 Å². The van der Waals surface area contributed by atoms with Crippen molar-refractivity contribution in [3.05, 3.63) is 45.7 Å². The molecule has 0 aliphatic heterocycles. The van der Waals surface area contributed by atoms with Gasteiger partial charge in [0.05, 0.1) is 4.47 Å². The van der Waals surface area contributed by atoms with Crippen LogP contribution in [0.4, 0.5) is 0 Å². The minimum atomic E-state index is -0.122. The van der Waals surface area contributed by atoms with E-state index in [0.717, 1.165) is 17.3 Å². The van der Waals surface area contributed by atoms with Gasteiger partial charge in [0.1, 0.15) is 11.4 Å². The molecule has 0 spiro atoms. The molecule has 23 heavy (non-hydrogen) atoms. The Bertz CT molecular complexity index is 698. The van der Waals surface area contributed by atoms with Gasteiger partial charge >= 0.3 is 0 Å². The van der Waals surface area contributed by atoms with Crippen molar-refractivity contribution in [1.82, 2.24) is 15.1 Å². The SMILES string of the molecule is O=C(NC1CCCC1)c1ccn(COc2ccc(Cl)cc2Br)n1. The molecule has 0 radical (unpaired) electrons. The highest BCUT2D eigenvalue weighted by molar-refractivity contribution is 9.10. The van der Waals surface area contributed by atoms with Crippen LogP contribution in [0, 0.1) is 0 Å². The lowest BCUT2D eigenvalue weighted by Crippen LogP contribution is -2.32. The topological polar surface area (TPSA) is 56.2 Å². The van der Waals surface area contributed by atoms with E-state index in [2.05, 4.69) is 26.3 Å². The number of halogens is 2. The number of carbonyl (C=O) groups is 1. The molecule has 0 atom stereocenters.